The molecular formula is C21H22O4. The lowest BCUT2D eigenvalue weighted by atomic mass is 10.0. The van der Waals surface area contributed by atoms with E-state index in [1.165, 1.54) is 0 Å². The van der Waals surface area contributed by atoms with Crippen LogP contribution in [-0.2, 0) is 25.6 Å². The standard InChI is InChI=1S/C21H22O4/c1-2-9-19(23-14-16-10-5-3-6-11-16)20-18(22)15-24-21(25-20)17-12-7-4-8-13-17/h2-8,10-13,19-21H,1,9,14-15H2/t19-,20-,21-/m1/s1. The molecule has 3 rings (SSSR count). The number of carbonyl (C=O) groups excluding carboxylic acids is 1. The SMILES string of the molecule is C=CC[C@@H](OCc1ccccc1)[C@@H]1O[C@H](c2ccccc2)OCC1=O. The second-order valence-electron chi connectivity index (χ2n) is 5.94. The molecule has 2 aromatic carbocycles. The van der Waals surface area contributed by atoms with Gasteiger partial charge in [0, 0.05) is 5.56 Å². The van der Waals surface area contributed by atoms with E-state index in [0.717, 1.165) is 11.1 Å². The van der Waals surface area contributed by atoms with E-state index in [1.807, 2.05) is 60.7 Å². The van der Waals surface area contributed by atoms with Crippen molar-refractivity contribution < 1.29 is 19.0 Å². The van der Waals surface area contributed by atoms with Crippen molar-refractivity contribution in [2.75, 3.05) is 6.61 Å². The molecule has 2 aromatic rings. The quantitative estimate of drug-likeness (QED) is 0.720. The molecule has 0 amide bonds. The first-order valence-electron chi connectivity index (χ1n) is 8.39. The van der Waals surface area contributed by atoms with Gasteiger partial charge in [0.25, 0.3) is 0 Å². The topological polar surface area (TPSA) is 44.8 Å². The number of carbonyl (C=O) groups is 1. The summed E-state index contributed by atoms with van der Waals surface area (Å²) in [6.07, 6.45) is 0.668. The minimum absolute atomic E-state index is 0.0204. The van der Waals surface area contributed by atoms with E-state index in [4.69, 9.17) is 14.2 Å². The highest BCUT2D eigenvalue weighted by Gasteiger charge is 2.36. The van der Waals surface area contributed by atoms with Crippen LogP contribution in [0.15, 0.2) is 73.3 Å². The largest absolute Gasteiger partial charge is 0.370 e. The zero-order chi connectivity index (χ0) is 17.5. The Morgan fingerprint density at radius 2 is 1.80 bits per heavy atom. The molecule has 1 fully saturated rings. The predicted molar refractivity (Wildman–Crippen MR) is 94.8 cm³/mol. The van der Waals surface area contributed by atoms with Crippen LogP contribution < -0.4 is 0 Å². The summed E-state index contributed by atoms with van der Waals surface area (Å²) >= 11 is 0. The lowest BCUT2D eigenvalue weighted by Gasteiger charge is -2.33. The molecule has 0 saturated carbocycles. The van der Waals surface area contributed by atoms with Gasteiger partial charge in [-0.1, -0.05) is 66.7 Å². The summed E-state index contributed by atoms with van der Waals surface area (Å²) in [5.74, 6) is -0.105. The Balaban J connectivity index is 1.69. The summed E-state index contributed by atoms with van der Waals surface area (Å²) in [6, 6.07) is 19.5. The molecule has 0 N–H and O–H groups in total. The van der Waals surface area contributed by atoms with Gasteiger partial charge in [-0.15, -0.1) is 6.58 Å². The summed E-state index contributed by atoms with van der Waals surface area (Å²) in [7, 11) is 0. The van der Waals surface area contributed by atoms with Crippen LogP contribution in [0.4, 0.5) is 0 Å². The van der Waals surface area contributed by atoms with E-state index < -0.39 is 12.4 Å². The van der Waals surface area contributed by atoms with Gasteiger partial charge in [0.05, 0.1) is 12.7 Å². The molecular weight excluding hydrogens is 316 g/mol. The lowest BCUT2D eigenvalue weighted by molar-refractivity contribution is -0.232. The van der Waals surface area contributed by atoms with Gasteiger partial charge in [-0.25, -0.2) is 0 Å². The smallest absolute Gasteiger partial charge is 0.190 e. The molecule has 0 spiro atoms. The van der Waals surface area contributed by atoms with E-state index >= 15 is 0 Å². The van der Waals surface area contributed by atoms with E-state index in [-0.39, 0.29) is 18.5 Å². The number of Topliss-reactive ketones (excluding diaryl/α,β-unsaturated/α-hetero) is 1. The second-order valence-corrected chi connectivity index (χ2v) is 5.94. The van der Waals surface area contributed by atoms with Gasteiger partial charge in [-0.3, -0.25) is 4.79 Å². The first-order valence-corrected chi connectivity index (χ1v) is 8.39. The van der Waals surface area contributed by atoms with Crippen LogP contribution >= 0.6 is 0 Å². The average molecular weight is 338 g/mol. The third-order valence-electron chi connectivity index (χ3n) is 4.08. The van der Waals surface area contributed by atoms with Gasteiger partial charge in [-0.2, -0.15) is 0 Å². The van der Waals surface area contributed by atoms with Crippen LogP contribution in [0.1, 0.15) is 23.8 Å². The van der Waals surface area contributed by atoms with E-state index in [1.54, 1.807) is 6.08 Å². The lowest BCUT2D eigenvalue weighted by Crippen LogP contribution is -2.45. The van der Waals surface area contributed by atoms with Crippen molar-refractivity contribution in [3.63, 3.8) is 0 Å². The highest BCUT2D eigenvalue weighted by Crippen LogP contribution is 2.28. The molecule has 1 heterocycles. The molecule has 0 aliphatic carbocycles. The van der Waals surface area contributed by atoms with Crippen molar-refractivity contribution >= 4 is 5.78 Å². The van der Waals surface area contributed by atoms with E-state index in [0.29, 0.717) is 13.0 Å². The summed E-state index contributed by atoms with van der Waals surface area (Å²) in [4.78, 5) is 12.3. The predicted octanol–water partition coefficient (Wildman–Crippen LogP) is 3.83. The molecule has 4 nitrogen and oxygen atoms in total. The average Bonchev–Trinajstić information content (AvgIpc) is 2.67. The third kappa shape index (κ3) is 4.63. The van der Waals surface area contributed by atoms with Gasteiger partial charge < -0.3 is 14.2 Å². The fourth-order valence-corrected chi connectivity index (χ4v) is 2.79. The fourth-order valence-electron chi connectivity index (χ4n) is 2.79. The highest BCUT2D eigenvalue weighted by atomic mass is 16.7. The van der Waals surface area contributed by atoms with Crippen LogP contribution in [-0.4, -0.2) is 24.6 Å². The Kier molecular flexibility index (Phi) is 6.12. The number of ketones is 1. The Labute approximate surface area is 148 Å². The molecule has 0 aromatic heterocycles. The number of ether oxygens (including phenoxy) is 3. The minimum Gasteiger partial charge on any atom is -0.370 e. The summed E-state index contributed by atoms with van der Waals surface area (Å²) < 4.78 is 17.5. The van der Waals surface area contributed by atoms with Crippen molar-refractivity contribution in [2.45, 2.75) is 31.5 Å². The molecule has 1 saturated heterocycles. The third-order valence-corrected chi connectivity index (χ3v) is 4.08. The van der Waals surface area contributed by atoms with Crippen molar-refractivity contribution in [1.29, 1.82) is 0 Å². The maximum absolute atomic E-state index is 12.3. The van der Waals surface area contributed by atoms with Crippen molar-refractivity contribution in [1.82, 2.24) is 0 Å². The van der Waals surface area contributed by atoms with Crippen LogP contribution in [0.2, 0.25) is 0 Å². The van der Waals surface area contributed by atoms with Gasteiger partial charge in [-0.05, 0) is 12.0 Å². The fraction of sp³-hybridized carbons (Fsp3) is 0.286. The number of hydrogen-bond acceptors (Lipinski definition) is 4. The minimum atomic E-state index is -0.666. The molecule has 0 bridgehead atoms. The molecule has 0 unspecified atom stereocenters. The zero-order valence-electron chi connectivity index (χ0n) is 14.0. The monoisotopic (exact) mass is 338 g/mol. The van der Waals surface area contributed by atoms with Crippen LogP contribution in [0.3, 0.4) is 0 Å². The normalized spacial score (nSPS) is 21.7. The number of rotatable bonds is 7. The Morgan fingerprint density at radius 1 is 1.12 bits per heavy atom. The molecule has 3 atom stereocenters. The van der Waals surface area contributed by atoms with Crippen LogP contribution in [0, 0.1) is 0 Å². The molecule has 1 aliphatic rings. The second kappa shape index (κ2) is 8.72. The number of benzene rings is 2. The van der Waals surface area contributed by atoms with Crippen LogP contribution in [0.5, 0.6) is 0 Å². The molecule has 0 radical (unpaired) electrons. The first-order chi connectivity index (χ1) is 12.3. The molecule has 1 aliphatic heterocycles. The van der Waals surface area contributed by atoms with Crippen molar-refractivity contribution in [3.8, 4) is 0 Å². The van der Waals surface area contributed by atoms with E-state index in [9.17, 15) is 4.79 Å². The van der Waals surface area contributed by atoms with Gasteiger partial charge in [0.15, 0.2) is 12.1 Å². The summed E-state index contributed by atoms with van der Waals surface area (Å²) in [5, 5.41) is 0. The maximum atomic E-state index is 12.3. The Bertz CT molecular complexity index is 684. The Hall–Kier alpha value is -2.27. The molecule has 4 heteroatoms. The van der Waals surface area contributed by atoms with Crippen LogP contribution in [0.25, 0.3) is 0 Å². The van der Waals surface area contributed by atoms with Gasteiger partial charge >= 0.3 is 0 Å². The number of hydrogen-bond donors (Lipinski definition) is 0. The summed E-state index contributed by atoms with van der Waals surface area (Å²) in [5.41, 5.74) is 1.94. The summed E-state index contributed by atoms with van der Waals surface area (Å²) in [6.45, 7) is 4.21. The maximum Gasteiger partial charge on any atom is 0.190 e. The first kappa shape index (κ1) is 17.5. The zero-order valence-corrected chi connectivity index (χ0v) is 14.0. The van der Waals surface area contributed by atoms with Crippen molar-refractivity contribution in [3.05, 3.63) is 84.4 Å². The molecule has 25 heavy (non-hydrogen) atoms. The van der Waals surface area contributed by atoms with Gasteiger partial charge in [0.2, 0.25) is 0 Å². The highest BCUT2D eigenvalue weighted by molar-refractivity contribution is 5.85. The Morgan fingerprint density at radius 3 is 2.48 bits per heavy atom. The molecule has 130 valence electrons. The van der Waals surface area contributed by atoms with Gasteiger partial charge in [0.1, 0.15) is 12.7 Å². The van der Waals surface area contributed by atoms with E-state index in [2.05, 4.69) is 6.58 Å². The van der Waals surface area contributed by atoms with Crippen molar-refractivity contribution in [2.24, 2.45) is 0 Å².